The Hall–Kier alpha value is -1.88. The van der Waals surface area contributed by atoms with Crippen LogP contribution in [-0.2, 0) is 30.3 Å². The molecule has 6 nitrogen and oxygen atoms in total. The molecule has 0 radical (unpaired) electrons. The Labute approximate surface area is 171 Å². The van der Waals surface area contributed by atoms with E-state index in [9.17, 15) is 26.4 Å². The molecule has 2 rings (SSSR count). The van der Waals surface area contributed by atoms with Crippen LogP contribution in [0.2, 0.25) is 0 Å². The first-order valence-electron chi connectivity index (χ1n) is 8.89. The van der Waals surface area contributed by atoms with Gasteiger partial charge >= 0.3 is 21.6 Å². The maximum Gasteiger partial charge on any atom is 0.534 e. The average molecular weight is 454 g/mol. The van der Waals surface area contributed by atoms with Gasteiger partial charge in [-0.25, -0.2) is 0 Å². The molecule has 162 valence electrons. The van der Waals surface area contributed by atoms with Gasteiger partial charge in [0.2, 0.25) is 0 Å². The van der Waals surface area contributed by atoms with Crippen LogP contribution in [0.15, 0.2) is 24.5 Å². The van der Waals surface area contributed by atoms with Gasteiger partial charge in [-0.15, -0.1) is 0 Å². The van der Waals surface area contributed by atoms with Crippen molar-refractivity contribution in [1.29, 1.82) is 0 Å². The Morgan fingerprint density at radius 3 is 2.59 bits per heavy atom. The molecule has 0 spiro atoms. The highest BCUT2D eigenvalue weighted by Gasteiger charge is 2.49. The number of esters is 1. The lowest BCUT2D eigenvalue weighted by atomic mass is 9.73. The summed E-state index contributed by atoms with van der Waals surface area (Å²) in [5.74, 6) is -0.787. The SMILES string of the molecule is C=C(C)c1cc(CCC2(C(=O)OCC)CC=C(OS(=O)(=O)C(F)(F)F)CC2)ns1. The quantitative estimate of drug-likeness (QED) is 0.325. The monoisotopic (exact) mass is 453 g/mol. The summed E-state index contributed by atoms with van der Waals surface area (Å²) in [6, 6.07) is 1.88. The molecule has 1 unspecified atom stereocenters. The molecule has 1 aliphatic carbocycles. The molecule has 0 aliphatic heterocycles. The molecule has 29 heavy (non-hydrogen) atoms. The van der Waals surface area contributed by atoms with Crippen molar-refractivity contribution >= 4 is 33.2 Å². The van der Waals surface area contributed by atoms with Crippen LogP contribution in [0.5, 0.6) is 0 Å². The third-order valence-electron chi connectivity index (χ3n) is 4.62. The van der Waals surface area contributed by atoms with Gasteiger partial charge in [0.15, 0.2) is 0 Å². The molecule has 11 heteroatoms. The summed E-state index contributed by atoms with van der Waals surface area (Å²) < 4.78 is 73.6. The Bertz CT molecular complexity index is 905. The van der Waals surface area contributed by atoms with Crippen molar-refractivity contribution in [2.75, 3.05) is 6.61 Å². The first-order valence-corrected chi connectivity index (χ1v) is 11.1. The van der Waals surface area contributed by atoms with E-state index in [1.165, 1.54) is 17.6 Å². The number of aromatic nitrogens is 1. The Morgan fingerprint density at radius 2 is 2.10 bits per heavy atom. The largest absolute Gasteiger partial charge is 0.534 e. The van der Waals surface area contributed by atoms with Crippen molar-refractivity contribution in [2.45, 2.75) is 51.5 Å². The molecule has 0 aromatic carbocycles. The highest BCUT2D eigenvalue weighted by atomic mass is 32.2. The van der Waals surface area contributed by atoms with Crippen LogP contribution in [-0.4, -0.2) is 30.9 Å². The van der Waals surface area contributed by atoms with Crippen LogP contribution >= 0.6 is 11.5 Å². The molecule has 1 aliphatic rings. The number of carbonyl (C=O) groups is 1. The predicted octanol–water partition coefficient (Wildman–Crippen LogP) is 4.59. The Kier molecular flexibility index (Phi) is 7.15. The van der Waals surface area contributed by atoms with Crippen LogP contribution < -0.4 is 0 Å². The van der Waals surface area contributed by atoms with Gasteiger partial charge < -0.3 is 8.92 Å². The molecule has 0 saturated carbocycles. The van der Waals surface area contributed by atoms with Gasteiger partial charge in [0.1, 0.15) is 5.76 Å². The smallest absolute Gasteiger partial charge is 0.466 e. The van der Waals surface area contributed by atoms with Crippen LogP contribution in [0.4, 0.5) is 13.2 Å². The molecular formula is C18H22F3NO5S2. The number of rotatable bonds is 8. The summed E-state index contributed by atoms with van der Waals surface area (Å²) in [6.07, 6.45) is 2.06. The third kappa shape index (κ3) is 5.59. The van der Waals surface area contributed by atoms with Crippen LogP contribution in [0, 0.1) is 5.41 Å². The maximum atomic E-state index is 12.6. The number of ether oxygens (including phenoxy) is 1. The van der Waals surface area contributed by atoms with Gasteiger partial charge in [0.05, 0.1) is 22.6 Å². The number of carbonyl (C=O) groups excluding carboxylic acids is 1. The van der Waals surface area contributed by atoms with Crippen molar-refractivity contribution in [3.63, 3.8) is 0 Å². The Balaban J connectivity index is 2.16. The standard InChI is InChI=1S/C18H22F3NO5S2/c1-4-26-16(23)17(8-5-13-11-15(12(2)3)28-22-13)9-6-14(7-10-17)27-29(24,25)18(19,20)21/h6,11H,2,4-5,7-10H2,1,3H3. The van der Waals surface area contributed by atoms with Gasteiger partial charge in [-0.05, 0) is 68.8 Å². The Morgan fingerprint density at radius 1 is 1.41 bits per heavy atom. The van der Waals surface area contributed by atoms with E-state index >= 15 is 0 Å². The van der Waals surface area contributed by atoms with Crippen molar-refractivity contribution in [3.05, 3.63) is 35.1 Å². The summed E-state index contributed by atoms with van der Waals surface area (Å²) >= 11 is 1.30. The minimum Gasteiger partial charge on any atom is -0.466 e. The maximum absolute atomic E-state index is 12.6. The topological polar surface area (TPSA) is 82.6 Å². The lowest BCUT2D eigenvalue weighted by Crippen LogP contribution is -2.36. The number of aryl methyl sites for hydroxylation is 1. The zero-order valence-corrected chi connectivity index (χ0v) is 17.7. The second-order valence-corrected chi connectivity index (χ2v) is 9.16. The van der Waals surface area contributed by atoms with Gasteiger partial charge in [-0.3, -0.25) is 4.79 Å². The molecule has 0 N–H and O–H groups in total. The fourth-order valence-electron chi connectivity index (χ4n) is 2.94. The molecule has 1 heterocycles. The van der Waals surface area contributed by atoms with Crippen molar-refractivity contribution in [3.8, 4) is 0 Å². The van der Waals surface area contributed by atoms with Crippen molar-refractivity contribution < 1.29 is 35.3 Å². The van der Waals surface area contributed by atoms with E-state index in [1.807, 2.05) is 13.0 Å². The van der Waals surface area contributed by atoms with E-state index in [1.54, 1.807) is 6.92 Å². The number of hydrogen-bond acceptors (Lipinski definition) is 7. The number of alkyl halides is 3. The predicted molar refractivity (Wildman–Crippen MR) is 102 cm³/mol. The van der Waals surface area contributed by atoms with Gasteiger partial charge in [-0.2, -0.15) is 26.0 Å². The first kappa shape index (κ1) is 23.4. The highest BCUT2D eigenvalue weighted by molar-refractivity contribution is 7.87. The highest BCUT2D eigenvalue weighted by Crippen LogP contribution is 2.42. The van der Waals surface area contributed by atoms with Gasteiger partial charge in [0, 0.05) is 6.42 Å². The minimum atomic E-state index is -5.73. The average Bonchev–Trinajstić information content (AvgIpc) is 3.10. The fraction of sp³-hybridized carbons (Fsp3) is 0.556. The molecule has 0 amide bonds. The fourth-order valence-corrected chi connectivity index (χ4v) is 4.17. The summed E-state index contributed by atoms with van der Waals surface area (Å²) in [6.45, 7) is 7.54. The van der Waals surface area contributed by atoms with E-state index < -0.39 is 27.0 Å². The summed E-state index contributed by atoms with van der Waals surface area (Å²) in [5.41, 5.74) is -4.82. The molecule has 0 fully saturated rings. The normalized spacial score (nSPS) is 20.1. The van der Waals surface area contributed by atoms with E-state index in [0.29, 0.717) is 12.8 Å². The summed E-state index contributed by atoms with van der Waals surface area (Å²) in [5, 5.41) is 0. The lowest BCUT2D eigenvalue weighted by molar-refractivity contribution is -0.156. The molecule has 0 bridgehead atoms. The van der Waals surface area contributed by atoms with E-state index in [-0.39, 0.29) is 31.6 Å². The van der Waals surface area contributed by atoms with Crippen LogP contribution in [0.25, 0.3) is 5.57 Å². The van der Waals surface area contributed by atoms with E-state index in [2.05, 4.69) is 15.1 Å². The zero-order chi connectivity index (χ0) is 21.9. The lowest BCUT2D eigenvalue weighted by Gasteiger charge is -2.33. The summed E-state index contributed by atoms with van der Waals surface area (Å²) in [7, 11) is -5.73. The number of halogens is 3. The third-order valence-corrected chi connectivity index (χ3v) is 6.61. The number of allylic oxidation sites excluding steroid dienone is 3. The van der Waals surface area contributed by atoms with E-state index in [0.717, 1.165) is 16.1 Å². The number of hydrogen-bond donors (Lipinski definition) is 0. The second-order valence-electron chi connectivity index (χ2n) is 6.82. The van der Waals surface area contributed by atoms with Gasteiger partial charge in [0.25, 0.3) is 0 Å². The molecule has 1 aromatic rings. The molecule has 1 aromatic heterocycles. The van der Waals surface area contributed by atoms with Gasteiger partial charge in [-0.1, -0.05) is 6.58 Å². The minimum absolute atomic E-state index is 0.0199. The molecule has 1 atom stereocenters. The van der Waals surface area contributed by atoms with Crippen LogP contribution in [0.1, 0.15) is 50.1 Å². The summed E-state index contributed by atoms with van der Waals surface area (Å²) in [4.78, 5) is 13.5. The zero-order valence-electron chi connectivity index (χ0n) is 16.0. The van der Waals surface area contributed by atoms with Crippen molar-refractivity contribution in [1.82, 2.24) is 4.37 Å². The van der Waals surface area contributed by atoms with Crippen LogP contribution in [0.3, 0.4) is 0 Å². The second kappa shape index (κ2) is 8.86. The van der Waals surface area contributed by atoms with E-state index in [4.69, 9.17) is 4.74 Å². The first-order chi connectivity index (χ1) is 13.4. The molecular weight excluding hydrogens is 431 g/mol. The molecule has 0 saturated heterocycles. The number of nitrogens with zero attached hydrogens (tertiary/aromatic N) is 1. The van der Waals surface area contributed by atoms with Crippen molar-refractivity contribution in [2.24, 2.45) is 5.41 Å².